The second kappa shape index (κ2) is 5.05. The molecule has 0 heterocycles. The highest BCUT2D eigenvalue weighted by molar-refractivity contribution is 5.75. The number of carboxylic acids is 1. The zero-order chi connectivity index (χ0) is 11.3. The molecule has 0 aliphatic heterocycles. The number of hydrogen-bond donors (Lipinski definition) is 1. The van der Waals surface area contributed by atoms with Gasteiger partial charge < -0.3 is 5.11 Å². The van der Waals surface area contributed by atoms with Crippen molar-refractivity contribution in [2.24, 2.45) is 0 Å². The van der Waals surface area contributed by atoms with E-state index in [4.69, 9.17) is 5.11 Å². The van der Waals surface area contributed by atoms with Crippen LogP contribution in [0.15, 0.2) is 24.3 Å². The highest BCUT2D eigenvalue weighted by Crippen LogP contribution is 2.12. The van der Waals surface area contributed by atoms with Gasteiger partial charge in [0, 0.05) is 5.56 Å². The van der Waals surface area contributed by atoms with Crippen LogP contribution in [0.1, 0.15) is 11.1 Å². The summed E-state index contributed by atoms with van der Waals surface area (Å²) in [6, 6.07) is 3.99. The first kappa shape index (κ1) is 11.1. The monoisotopic (exact) mass is 208 g/mol. The second-order valence-corrected chi connectivity index (χ2v) is 2.92. The van der Waals surface area contributed by atoms with Crippen LogP contribution in [0, 0.1) is 5.82 Å². The lowest BCUT2D eigenvalue weighted by Gasteiger charge is -2.00. The number of carbonyl (C=O) groups excluding carboxylic acids is 1. The Morgan fingerprint density at radius 2 is 2.20 bits per heavy atom. The lowest BCUT2D eigenvalue weighted by atomic mass is 10.1. The number of aliphatic carboxylic acids is 1. The first-order chi connectivity index (χ1) is 7.13. The topological polar surface area (TPSA) is 54.4 Å². The molecule has 3 nitrogen and oxygen atoms in total. The van der Waals surface area contributed by atoms with Crippen molar-refractivity contribution in [2.45, 2.75) is 6.42 Å². The van der Waals surface area contributed by atoms with E-state index in [0.717, 1.165) is 6.08 Å². The molecule has 0 unspecified atom stereocenters. The van der Waals surface area contributed by atoms with Crippen molar-refractivity contribution >= 4 is 18.3 Å². The molecule has 0 aliphatic rings. The summed E-state index contributed by atoms with van der Waals surface area (Å²) in [4.78, 5) is 20.5. The van der Waals surface area contributed by atoms with Gasteiger partial charge in [0.25, 0.3) is 0 Å². The van der Waals surface area contributed by atoms with Crippen LogP contribution in [0.2, 0.25) is 0 Å². The van der Waals surface area contributed by atoms with Crippen LogP contribution in [0.25, 0.3) is 6.08 Å². The number of carbonyl (C=O) groups is 2. The Balaban J connectivity index is 2.99. The third kappa shape index (κ3) is 3.34. The largest absolute Gasteiger partial charge is 0.481 e. The minimum atomic E-state index is -0.980. The number of allylic oxidation sites excluding steroid dienone is 1. The van der Waals surface area contributed by atoms with E-state index in [1.54, 1.807) is 0 Å². The molecule has 0 spiro atoms. The highest BCUT2D eigenvalue weighted by Gasteiger charge is 2.04. The Labute approximate surface area is 85.8 Å². The van der Waals surface area contributed by atoms with Gasteiger partial charge in [0.2, 0.25) is 0 Å². The molecule has 0 saturated carbocycles. The summed E-state index contributed by atoms with van der Waals surface area (Å²) in [5.74, 6) is -1.46. The summed E-state index contributed by atoms with van der Waals surface area (Å²) in [5.41, 5.74) is 0.704. The minimum absolute atomic E-state index is 0.164. The zero-order valence-electron chi connectivity index (χ0n) is 7.81. The van der Waals surface area contributed by atoms with Gasteiger partial charge in [-0.05, 0) is 29.8 Å². The fourth-order valence-electron chi connectivity index (χ4n) is 1.15. The number of benzene rings is 1. The quantitative estimate of drug-likeness (QED) is 0.604. The lowest BCUT2D eigenvalue weighted by Crippen LogP contribution is -2.00. The van der Waals surface area contributed by atoms with Crippen molar-refractivity contribution in [3.63, 3.8) is 0 Å². The molecular formula is C11H9FO3. The van der Waals surface area contributed by atoms with Gasteiger partial charge in [-0.15, -0.1) is 0 Å². The second-order valence-electron chi connectivity index (χ2n) is 2.92. The van der Waals surface area contributed by atoms with Crippen molar-refractivity contribution in [3.8, 4) is 0 Å². The normalized spacial score (nSPS) is 10.5. The summed E-state index contributed by atoms with van der Waals surface area (Å²) in [6.45, 7) is 0. The third-order valence-corrected chi connectivity index (χ3v) is 1.77. The van der Waals surface area contributed by atoms with E-state index in [2.05, 4.69) is 0 Å². The summed E-state index contributed by atoms with van der Waals surface area (Å²) in [6.07, 6.45) is 2.82. The predicted octanol–water partition coefficient (Wildman–Crippen LogP) is 1.66. The van der Waals surface area contributed by atoms with Crippen molar-refractivity contribution < 1.29 is 19.1 Å². The fourth-order valence-corrected chi connectivity index (χ4v) is 1.15. The molecule has 4 heteroatoms. The maximum Gasteiger partial charge on any atom is 0.307 e. The van der Waals surface area contributed by atoms with Gasteiger partial charge in [0.1, 0.15) is 12.1 Å². The van der Waals surface area contributed by atoms with E-state index in [1.807, 2.05) is 0 Å². The molecule has 0 aromatic heterocycles. The molecule has 1 aromatic carbocycles. The van der Waals surface area contributed by atoms with Gasteiger partial charge in [-0.1, -0.05) is 6.07 Å². The molecule has 0 saturated heterocycles. The first-order valence-corrected chi connectivity index (χ1v) is 4.25. The Kier molecular flexibility index (Phi) is 3.74. The van der Waals surface area contributed by atoms with Crippen molar-refractivity contribution in [2.75, 3.05) is 0 Å². The lowest BCUT2D eigenvalue weighted by molar-refractivity contribution is -0.136. The van der Waals surface area contributed by atoms with E-state index in [1.165, 1.54) is 24.3 Å². The molecule has 15 heavy (non-hydrogen) atoms. The number of aldehydes is 1. The molecule has 78 valence electrons. The number of halogens is 1. The Bertz CT molecular complexity index is 410. The molecule has 1 aromatic rings. The van der Waals surface area contributed by atoms with Crippen LogP contribution >= 0.6 is 0 Å². The maximum atomic E-state index is 13.1. The van der Waals surface area contributed by atoms with E-state index >= 15 is 0 Å². The molecule has 0 atom stereocenters. The first-order valence-electron chi connectivity index (χ1n) is 4.25. The van der Waals surface area contributed by atoms with Gasteiger partial charge in [-0.2, -0.15) is 0 Å². The smallest absolute Gasteiger partial charge is 0.307 e. The van der Waals surface area contributed by atoms with Gasteiger partial charge in [0.15, 0.2) is 0 Å². The van der Waals surface area contributed by atoms with Gasteiger partial charge in [-0.3, -0.25) is 9.59 Å². The Morgan fingerprint density at radius 3 is 2.80 bits per heavy atom. The van der Waals surface area contributed by atoms with Crippen LogP contribution in [-0.4, -0.2) is 17.4 Å². The van der Waals surface area contributed by atoms with E-state index in [-0.39, 0.29) is 12.0 Å². The van der Waals surface area contributed by atoms with Crippen LogP contribution in [-0.2, 0) is 16.0 Å². The molecule has 1 N–H and O–H groups in total. The van der Waals surface area contributed by atoms with E-state index in [9.17, 15) is 14.0 Å². The van der Waals surface area contributed by atoms with Crippen molar-refractivity contribution in [3.05, 3.63) is 41.2 Å². The van der Waals surface area contributed by atoms with Gasteiger partial charge in [0.05, 0.1) is 6.42 Å². The summed E-state index contributed by atoms with van der Waals surface area (Å²) >= 11 is 0. The molecule has 0 fully saturated rings. The summed E-state index contributed by atoms with van der Waals surface area (Å²) < 4.78 is 13.1. The maximum absolute atomic E-state index is 13.1. The molecule has 0 aliphatic carbocycles. The van der Waals surface area contributed by atoms with Crippen molar-refractivity contribution in [1.82, 2.24) is 0 Å². The van der Waals surface area contributed by atoms with Crippen LogP contribution < -0.4 is 0 Å². The average molecular weight is 208 g/mol. The number of rotatable bonds is 4. The average Bonchev–Trinajstić information content (AvgIpc) is 2.18. The standard InChI is InChI=1S/C11H9FO3/c12-10-4-3-8(7-11(14)15)6-9(10)2-1-5-13/h1-6H,7H2,(H,14,15). The van der Waals surface area contributed by atoms with Crippen LogP contribution in [0.3, 0.4) is 0 Å². The molecular weight excluding hydrogens is 199 g/mol. The Morgan fingerprint density at radius 1 is 1.47 bits per heavy atom. The molecule has 1 rings (SSSR count). The highest BCUT2D eigenvalue weighted by atomic mass is 19.1. The van der Waals surface area contributed by atoms with Gasteiger partial charge >= 0.3 is 5.97 Å². The van der Waals surface area contributed by atoms with E-state index in [0.29, 0.717) is 11.8 Å². The van der Waals surface area contributed by atoms with Crippen LogP contribution in [0.5, 0.6) is 0 Å². The van der Waals surface area contributed by atoms with Crippen molar-refractivity contribution in [1.29, 1.82) is 0 Å². The fraction of sp³-hybridized carbons (Fsp3) is 0.0909. The van der Waals surface area contributed by atoms with Gasteiger partial charge in [-0.25, -0.2) is 4.39 Å². The van der Waals surface area contributed by atoms with Crippen LogP contribution in [0.4, 0.5) is 4.39 Å². The molecule has 0 bridgehead atoms. The van der Waals surface area contributed by atoms with E-state index < -0.39 is 11.8 Å². The summed E-state index contributed by atoms with van der Waals surface area (Å²) in [5, 5.41) is 8.54. The third-order valence-electron chi connectivity index (χ3n) is 1.77. The zero-order valence-corrected chi connectivity index (χ0v) is 7.81. The summed E-state index contributed by atoms with van der Waals surface area (Å²) in [7, 11) is 0. The molecule has 0 radical (unpaired) electrons. The molecule has 0 amide bonds. The minimum Gasteiger partial charge on any atom is -0.481 e. The predicted molar refractivity (Wildman–Crippen MR) is 52.8 cm³/mol. The Hall–Kier alpha value is -1.97. The number of carboxylic acid groups (broad SMARTS) is 1. The SMILES string of the molecule is O=CC=Cc1cc(CC(=O)O)ccc1F. The number of hydrogen-bond acceptors (Lipinski definition) is 2.